The van der Waals surface area contributed by atoms with Crippen LogP contribution in [-0.2, 0) is 28.6 Å². The first-order chi connectivity index (χ1) is 29.5. The van der Waals surface area contributed by atoms with Crippen LogP contribution in [0.15, 0.2) is 122 Å². The van der Waals surface area contributed by atoms with Gasteiger partial charge in [0.15, 0.2) is 6.10 Å². The number of carbonyl (C=O) groups excluding carboxylic acids is 3. The van der Waals surface area contributed by atoms with Gasteiger partial charge < -0.3 is 14.2 Å². The highest BCUT2D eigenvalue weighted by molar-refractivity contribution is 5.71. The number of rotatable bonds is 40. The van der Waals surface area contributed by atoms with Crippen molar-refractivity contribution in [2.75, 3.05) is 13.2 Å². The van der Waals surface area contributed by atoms with Crippen LogP contribution in [0.4, 0.5) is 0 Å². The largest absolute Gasteiger partial charge is 0.462 e. The van der Waals surface area contributed by atoms with E-state index < -0.39 is 12.1 Å². The van der Waals surface area contributed by atoms with E-state index in [9.17, 15) is 14.4 Å². The second-order valence-corrected chi connectivity index (χ2v) is 15.1. The molecule has 0 rings (SSSR count). The van der Waals surface area contributed by atoms with Gasteiger partial charge in [-0.1, -0.05) is 206 Å². The summed E-state index contributed by atoms with van der Waals surface area (Å²) in [6.45, 7) is 6.22. The molecule has 0 heterocycles. The minimum atomic E-state index is -0.836. The van der Waals surface area contributed by atoms with Crippen LogP contribution in [0.2, 0.25) is 0 Å². The average Bonchev–Trinajstić information content (AvgIpc) is 3.24. The number of hydrogen-bond donors (Lipinski definition) is 0. The Balaban J connectivity index is 4.58. The molecule has 0 spiro atoms. The number of allylic oxidation sites excluding steroid dienone is 20. The molecular formula is C54H84O6. The molecule has 0 aliphatic heterocycles. The summed E-state index contributed by atoms with van der Waals surface area (Å²) in [5, 5.41) is 0. The van der Waals surface area contributed by atoms with Crippen LogP contribution < -0.4 is 0 Å². The maximum Gasteiger partial charge on any atom is 0.306 e. The minimum absolute atomic E-state index is 0.130. The topological polar surface area (TPSA) is 78.9 Å². The first kappa shape index (κ1) is 55.8. The fourth-order valence-corrected chi connectivity index (χ4v) is 5.87. The molecule has 0 aliphatic rings. The second-order valence-electron chi connectivity index (χ2n) is 15.1. The Labute approximate surface area is 367 Å². The van der Waals surface area contributed by atoms with Crippen molar-refractivity contribution in [3.63, 3.8) is 0 Å². The molecule has 1 unspecified atom stereocenters. The summed E-state index contributed by atoms with van der Waals surface area (Å²) in [4.78, 5) is 37.8. The van der Waals surface area contributed by atoms with Crippen molar-refractivity contribution < 1.29 is 28.6 Å². The van der Waals surface area contributed by atoms with Gasteiger partial charge in [0.1, 0.15) is 13.2 Å². The van der Waals surface area contributed by atoms with Crippen molar-refractivity contribution in [3.05, 3.63) is 122 Å². The molecule has 0 N–H and O–H groups in total. The molecule has 1 atom stereocenters. The molecular weight excluding hydrogens is 745 g/mol. The van der Waals surface area contributed by atoms with E-state index in [0.717, 1.165) is 89.9 Å². The average molecular weight is 829 g/mol. The molecule has 0 bridgehead atoms. The molecule has 0 radical (unpaired) electrons. The summed E-state index contributed by atoms with van der Waals surface area (Å²) in [6, 6.07) is 0. The van der Waals surface area contributed by atoms with Gasteiger partial charge >= 0.3 is 17.9 Å². The van der Waals surface area contributed by atoms with Gasteiger partial charge in [-0.2, -0.15) is 0 Å². The van der Waals surface area contributed by atoms with Gasteiger partial charge in [-0.3, -0.25) is 14.4 Å². The van der Waals surface area contributed by atoms with E-state index in [1.54, 1.807) is 0 Å². The Morgan fingerprint density at radius 1 is 0.350 bits per heavy atom. The highest BCUT2D eigenvalue weighted by Crippen LogP contribution is 2.12. The number of carbonyl (C=O) groups is 3. The third-order valence-electron chi connectivity index (χ3n) is 9.40. The molecule has 0 amide bonds. The molecule has 0 aromatic carbocycles. The van der Waals surface area contributed by atoms with E-state index in [1.807, 2.05) is 60.8 Å². The van der Waals surface area contributed by atoms with Crippen LogP contribution in [0.1, 0.15) is 181 Å². The Bertz CT molecular complexity index is 1320. The van der Waals surface area contributed by atoms with Crippen molar-refractivity contribution >= 4 is 17.9 Å². The predicted molar refractivity (Wildman–Crippen MR) is 256 cm³/mol. The van der Waals surface area contributed by atoms with Crippen LogP contribution in [0.5, 0.6) is 0 Å². The lowest BCUT2D eigenvalue weighted by molar-refractivity contribution is -0.167. The van der Waals surface area contributed by atoms with Crippen LogP contribution in [0.25, 0.3) is 0 Å². The number of esters is 3. The summed E-state index contributed by atoms with van der Waals surface area (Å²) >= 11 is 0. The van der Waals surface area contributed by atoms with Crippen molar-refractivity contribution in [1.82, 2.24) is 0 Å². The third kappa shape index (κ3) is 44.9. The Kier molecular flexibility index (Phi) is 44.2. The molecule has 0 aromatic rings. The summed E-state index contributed by atoms with van der Waals surface area (Å²) in [5.41, 5.74) is 0. The fraction of sp³-hybridized carbons (Fsp3) is 0.574. The predicted octanol–water partition coefficient (Wildman–Crippen LogP) is 15.4. The monoisotopic (exact) mass is 829 g/mol. The highest BCUT2D eigenvalue weighted by atomic mass is 16.6. The van der Waals surface area contributed by atoms with Crippen molar-refractivity contribution in [3.8, 4) is 0 Å². The molecule has 60 heavy (non-hydrogen) atoms. The first-order valence-electron chi connectivity index (χ1n) is 23.7. The summed E-state index contributed by atoms with van der Waals surface area (Å²) in [6.07, 6.45) is 64.8. The third-order valence-corrected chi connectivity index (χ3v) is 9.40. The molecule has 0 saturated heterocycles. The van der Waals surface area contributed by atoms with Gasteiger partial charge in [-0.05, 0) is 77.0 Å². The Hall–Kier alpha value is -4.19. The van der Waals surface area contributed by atoms with Gasteiger partial charge in [0.25, 0.3) is 0 Å². The molecule has 0 saturated carbocycles. The summed E-state index contributed by atoms with van der Waals surface area (Å²) < 4.78 is 16.6. The SMILES string of the molecule is CC\C=C/C=C\C=C/C=C\C=C/CCCC(=O)OC(COC(=O)CCCCC/C=C\C=C/CCCCCCCCC)COC(=O)CCCCCCC\C=C/C=C\C=C/CC. The van der Waals surface area contributed by atoms with E-state index in [0.29, 0.717) is 19.3 Å². The van der Waals surface area contributed by atoms with E-state index in [-0.39, 0.29) is 31.6 Å². The summed E-state index contributed by atoms with van der Waals surface area (Å²) in [5.74, 6) is -1.06. The van der Waals surface area contributed by atoms with Crippen molar-refractivity contribution in [2.45, 2.75) is 187 Å². The normalized spacial score (nSPS) is 13.2. The van der Waals surface area contributed by atoms with Crippen molar-refractivity contribution in [2.24, 2.45) is 0 Å². The number of hydrogen-bond acceptors (Lipinski definition) is 6. The lowest BCUT2D eigenvalue weighted by Crippen LogP contribution is -2.30. The van der Waals surface area contributed by atoms with E-state index >= 15 is 0 Å². The maximum atomic E-state index is 12.7. The van der Waals surface area contributed by atoms with Crippen LogP contribution in [-0.4, -0.2) is 37.2 Å². The van der Waals surface area contributed by atoms with Crippen molar-refractivity contribution in [1.29, 1.82) is 0 Å². The van der Waals surface area contributed by atoms with Crippen LogP contribution >= 0.6 is 0 Å². The molecule has 336 valence electrons. The van der Waals surface area contributed by atoms with Gasteiger partial charge in [-0.15, -0.1) is 0 Å². The lowest BCUT2D eigenvalue weighted by Gasteiger charge is -2.18. The molecule has 6 heteroatoms. The molecule has 0 aliphatic carbocycles. The second kappa shape index (κ2) is 47.5. The minimum Gasteiger partial charge on any atom is -0.462 e. The highest BCUT2D eigenvalue weighted by Gasteiger charge is 2.19. The first-order valence-corrected chi connectivity index (χ1v) is 23.7. The molecule has 6 nitrogen and oxygen atoms in total. The fourth-order valence-electron chi connectivity index (χ4n) is 5.87. The number of ether oxygens (including phenoxy) is 3. The molecule has 0 fully saturated rings. The van der Waals surface area contributed by atoms with Gasteiger partial charge in [0.2, 0.25) is 0 Å². The summed E-state index contributed by atoms with van der Waals surface area (Å²) in [7, 11) is 0. The van der Waals surface area contributed by atoms with E-state index in [2.05, 4.69) is 81.5 Å². The maximum absolute atomic E-state index is 12.7. The molecule has 0 aromatic heterocycles. The van der Waals surface area contributed by atoms with E-state index in [4.69, 9.17) is 14.2 Å². The van der Waals surface area contributed by atoms with Crippen LogP contribution in [0, 0.1) is 0 Å². The standard InChI is InChI=1S/C54H84O6/c1-4-7-10-13-16-19-22-25-26-27-30-32-35-38-41-44-47-53(56)59-50-51(60-54(57)48-45-42-39-36-33-29-24-21-18-15-12-9-6-3)49-58-52(55)46-43-40-37-34-31-28-23-20-17-14-11-8-5-2/h8-9,11-12,14-15,17-18,20-21,23-24,26-27,29-30,32-33,36,39,51H,4-7,10,13,16,19,22,25,28,31,34-35,37-38,40-50H2,1-3H3/b11-8-,12-9-,17-14-,18-15-,23-20-,24-21-,27-26-,32-30-,33-29-,39-36-. The number of unbranched alkanes of at least 4 members (excludes halogenated alkanes) is 16. The van der Waals surface area contributed by atoms with Gasteiger partial charge in [0, 0.05) is 19.3 Å². The smallest absolute Gasteiger partial charge is 0.306 e. The van der Waals surface area contributed by atoms with Crippen LogP contribution in [0.3, 0.4) is 0 Å². The Morgan fingerprint density at radius 2 is 0.667 bits per heavy atom. The Morgan fingerprint density at radius 3 is 1.10 bits per heavy atom. The van der Waals surface area contributed by atoms with Gasteiger partial charge in [0.05, 0.1) is 0 Å². The van der Waals surface area contributed by atoms with Gasteiger partial charge in [-0.25, -0.2) is 0 Å². The zero-order valence-corrected chi connectivity index (χ0v) is 38.2. The lowest BCUT2D eigenvalue weighted by atomic mass is 10.1. The zero-order chi connectivity index (χ0) is 43.7. The quantitative estimate of drug-likeness (QED) is 0.0265. The zero-order valence-electron chi connectivity index (χ0n) is 38.2. The van der Waals surface area contributed by atoms with E-state index in [1.165, 1.54) is 44.9 Å².